The maximum Gasteiger partial charge on any atom is 0.338 e. The minimum Gasteiger partial charge on any atom is -0.506 e. The van der Waals surface area contributed by atoms with Crippen LogP contribution in [0.15, 0.2) is 17.2 Å². The fourth-order valence-corrected chi connectivity index (χ4v) is 1.01. The summed E-state index contributed by atoms with van der Waals surface area (Å²) in [7, 11) is 0. The number of aromatic carboxylic acids is 1. The number of anilines is 1. The first-order valence-electron chi connectivity index (χ1n) is 4.39. The first-order valence-corrected chi connectivity index (χ1v) is 4.39. The number of phenols is 1. The summed E-state index contributed by atoms with van der Waals surface area (Å²) in [4.78, 5) is 10.6. The first-order chi connectivity index (χ1) is 8.49. The van der Waals surface area contributed by atoms with E-state index in [-0.39, 0.29) is 5.69 Å². The van der Waals surface area contributed by atoms with Gasteiger partial charge in [-0.05, 0) is 6.07 Å². The molecule has 1 aromatic carbocycles. The Bertz CT molecular complexity index is 597. The summed E-state index contributed by atoms with van der Waals surface area (Å²) in [5, 5.41) is 38.1. The summed E-state index contributed by atoms with van der Waals surface area (Å²) in [6, 6.07) is 4.27. The van der Waals surface area contributed by atoms with Gasteiger partial charge in [-0.15, -0.1) is 0 Å². The number of carboxylic acid groups (broad SMARTS) is 1. The van der Waals surface area contributed by atoms with Gasteiger partial charge < -0.3 is 10.2 Å². The number of carbonyl (C=O) groups is 1. The SMILES string of the molecule is N#CC(C#N)=NNc1cc(C(=O)O)c(F)cc1O. The molecule has 1 aromatic rings. The third kappa shape index (κ3) is 2.71. The molecule has 1 rings (SSSR count). The Kier molecular flexibility index (Phi) is 3.79. The zero-order valence-electron chi connectivity index (χ0n) is 8.68. The Hall–Kier alpha value is -3.13. The highest BCUT2D eigenvalue weighted by atomic mass is 19.1. The van der Waals surface area contributed by atoms with Gasteiger partial charge >= 0.3 is 5.97 Å². The number of hydrogen-bond acceptors (Lipinski definition) is 6. The van der Waals surface area contributed by atoms with Crippen molar-refractivity contribution in [1.29, 1.82) is 10.5 Å². The van der Waals surface area contributed by atoms with Crippen LogP contribution in [0.5, 0.6) is 5.75 Å². The average molecular weight is 248 g/mol. The van der Waals surface area contributed by atoms with Crippen LogP contribution in [0.3, 0.4) is 0 Å². The predicted molar refractivity (Wildman–Crippen MR) is 57.3 cm³/mol. The van der Waals surface area contributed by atoms with Crippen LogP contribution in [0.1, 0.15) is 10.4 Å². The van der Waals surface area contributed by atoms with Crippen LogP contribution in [0, 0.1) is 28.5 Å². The van der Waals surface area contributed by atoms with Crippen molar-refractivity contribution in [1.82, 2.24) is 0 Å². The van der Waals surface area contributed by atoms with Crippen molar-refractivity contribution in [3.8, 4) is 17.9 Å². The molecule has 0 atom stereocenters. The minimum atomic E-state index is -1.53. The normalized spacial score (nSPS) is 8.83. The lowest BCUT2D eigenvalue weighted by Crippen LogP contribution is -2.03. The van der Waals surface area contributed by atoms with E-state index in [9.17, 15) is 14.3 Å². The van der Waals surface area contributed by atoms with E-state index in [4.69, 9.17) is 15.6 Å². The molecular formula is C10H5FN4O3. The summed E-state index contributed by atoms with van der Waals surface area (Å²) in [5.74, 6) is -3.24. The van der Waals surface area contributed by atoms with Crippen molar-refractivity contribution in [2.75, 3.05) is 5.43 Å². The number of halogens is 1. The average Bonchev–Trinajstić information content (AvgIpc) is 2.32. The topological polar surface area (TPSA) is 130 Å². The molecule has 0 aliphatic carbocycles. The fraction of sp³-hybridized carbons (Fsp3) is 0. The summed E-state index contributed by atoms with van der Waals surface area (Å²) < 4.78 is 13.1. The van der Waals surface area contributed by atoms with Crippen molar-refractivity contribution >= 4 is 17.4 Å². The van der Waals surface area contributed by atoms with E-state index < -0.39 is 28.8 Å². The lowest BCUT2D eigenvalue weighted by molar-refractivity contribution is 0.0692. The minimum absolute atomic E-state index is 0.239. The molecule has 0 bridgehead atoms. The van der Waals surface area contributed by atoms with Gasteiger partial charge in [-0.1, -0.05) is 0 Å². The van der Waals surface area contributed by atoms with Gasteiger partial charge in [0.2, 0.25) is 5.71 Å². The van der Waals surface area contributed by atoms with Gasteiger partial charge in [0.05, 0.1) is 11.3 Å². The van der Waals surface area contributed by atoms with Crippen LogP contribution in [-0.4, -0.2) is 21.9 Å². The molecule has 0 spiro atoms. The number of nitrogens with zero attached hydrogens (tertiary/aromatic N) is 3. The van der Waals surface area contributed by atoms with Gasteiger partial charge in [0.25, 0.3) is 0 Å². The fourth-order valence-electron chi connectivity index (χ4n) is 1.01. The maximum absolute atomic E-state index is 13.1. The number of rotatable bonds is 3. The number of aromatic hydroxyl groups is 1. The number of carboxylic acids is 1. The predicted octanol–water partition coefficient (Wildman–Crippen LogP) is 1.04. The summed E-state index contributed by atoms with van der Waals surface area (Å²) in [6.07, 6.45) is 0. The van der Waals surface area contributed by atoms with E-state index >= 15 is 0 Å². The number of phenolic OH excluding ortho intramolecular Hbond substituents is 1. The van der Waals surface area contributed by atoms with E-state index in [1.165, 1.54) is 12.1 Å². The zero-order chi connectivity index (χ0) is 13.7. The van der Waals surface area contributed by atoms with Gasteiger partial charge in [-0.2, -0.15) is 15.6 Å². The molecule has 3 N–H and O–H groups in total. The Balaban J connectivity index is 3.16. The third-order valence-electron chi connectivity index (χ3n) is 1.82. The van der Waals surface area contributed by atoms with Crippen LogP contribution >= 0.6 is 0 Å². The second-order valence-electron chi connectivity index (χ2n) is 2.95. The Labute approximate surface area is 100 Å². The number of hydrogen-bond donors (Lipinski definition) is 3. The molecule has 0 unspecified atom stereocenters. The highest BCUT2D eigenvalue weighted by molar-refractivity contribution is 6.10. The largest absolute Gasteiger partial charge is 0.506 e. The van der Waals surface area contributed by atoms with Gasteiger partial charge in [-0.3, -0.25) is 5.43 Å². The number of hydrazone groups is 1. The van der Waals surface area contributed by atoms with Gasteiger partial charge in [0.15, 0.2) is 0 Å². The van der Waals surface area contributed by atoms with Crippen LogP contribution in [0.25, 0.3) is 0 Å². The van der Waals surface area contributed by atoms with Crippen LogP contribution in [0.2, 0.25) is 0 Å². The summed E-state index contributed by atoms with van der Waals surface area (Å²) in [6.45, 7) is 0. The molecule has 0 radical (unpaired) electrons. The Morgan fingerprint density at radius 1 is 1.39 bits per heavy atom. The first kappa shape index (κ1) is 12.9. The molecule has 0 aromatic heterocycles. The lowest BCUT2D eigenvalue weighted by atomic mass is 10.2. The van der Waals surface area contributed by atoms with Crippen molar-refractivity contribution in [2.45, 2.75) is 0 Å². The van der Waals surface area contributed by atoms with Crippen molar-refractivity contribution in [3.05, 3.63) is 23.5 Å². The standard InChI is InChI=1S/C10H5FN4O3/c11-7-2-9(16)8(1-6(7)10(17)18)15-14-5(3-12)4-13/h1-2,15-16H,(H,17,18). The number of benzene rings is 1. The molecule has 0 fully saturated rings. The smallest absolute Gasteiger partial charge is 0.338 e. The second-order valence-corrected chi connectivity index (χ2v) is 2.95. The molecule has 0 aliphatic heterocycles. The summed E-state index contributed by atoms with van der Waals surface area (Å²) >= 11 is 0. The van der Waals surface area contributed by atoms with Crippen LogP contribution in [0.4, 0.5) is 10.1 Å². The van der Waals surface area contributed by atoms with Gasteiger partial charge in [0.1, 0.15) is 23.7 Å². The van der Waals surface area contributed by atoms with E-state index in [2.05, 4.69) is 10.5 Å². The second kappa shape index (κ2) is 5.27. The molecular weight excluding hydrogens is 243 g/mol. The molecule has 0 amide bonds. The summed E-state index contributed by atoms with van der Waals surface area (Å²) in [5.41, 5.74) is 0.650. The maximum atomic E-state index is 13.1. The van der Waals surface area contributed by atoms with Crippen molar-refractivity contribution < 1.29 is 19.4 Å². The van der Waals surface area contributed by atoms with Gasteiger partial charge in [0, 0.05) is 6.07 Å². The molecule has 7 nitrogen and oxygen atoms in total. The molecule has 0 saturated carbocycles. The zero-order valence-corrected chi connectivity index (χ0v) is 8.68. The van der Waals surface area contributed by atoms with Gasteiger partial charge in [-0.25, -0.2) is 9.18 Å². The Morgan fingerprint density at radius 3 is 2.50 bits per heavy atom. The van der Waals surface area contributed by atoms with Crippen molar-refractivity contribution in [2.24, 2.45) is 5.10 Å². The van der Waals surface area contributed by atoms with E-state index in [0.29, 0.717) is 6.07 Å². The monoisotopic (exact) mass is 248 g/mol. The molecule has 18 heavy (non-hydrogen) atoms. The number of nitrogens with one attached hydrogen (secondary N) is 1. The molecule has 0 aliphatic rings. The molecule has 0 heterocycles. The quantitative estimate of drug-likeness (QED) is 0.416. The third-order valence-corrected chi connectivity index (χ3v) is 1.82. The molecule has 8 heteroatoms. The van der Waals surface area contributed by atoms with E-state index in [1.54, 1.807) is 0 Å². The van der Waals surface area contributed by atoms with Crippen LogP contribution in [-0.2, 0) is 0 Å². The molecule has 90 valence electrons. The molecule has 0 saturated heterocycles. The number of nitriles is 2. The lowest BCUT2D eigenvalue weighted by Gasteiger charge is -2.05. The van der Waals surface area contributed by atoms with E-state index in [1.807, 2.05) is 0 Å². The van der Waals surface area contributed by atoms with Crippen LogP contribution < -0.4 is 5.43 Å². The van der Waals surface area contributed by atoms with Crippen molar-refractivity contribution in [3.63, 3.8) is 0 Å². The highest BCUT2D eigenvalue weighted by Gasteiger charge is 2.14. The van der Waals surface area contributed by atoms with E-state index in [0.717, 1.165) is 6.07 Å². The Morgan fingerprint density at radius 2 is 2.00 bits per heavy atom. The highest BCUT2D eigenvalue weighted by Crippen LogP contribution is 2.26.